The maximum atomic E-state index is 12.8. The van der Waals surface area contributed by atoms with Gasteiger partial charge in [0.1, 0.15) is 12.1 Å². The van der Waals surface area contributed by atoms with Crippen LogP contribution in [0.4, 0.5) is 0 Å². The van der Waals surface area contributed by atoms with Crippen molar-refractivity contribution in [2.75, 3.05) is 7.11 Å². The second-order valence-electron chi connectivity index (χ2n) is 6.72. The summed E-state index contributed by atoms with van der Waals surface area (Å²) in [7, 11) is 1.28. The summed E-state index contributed by atoms with van der Waals surface area (Å²) >= 11 is 0. The van der Waals surface area contributed by atoms with Crippen LogP contribution in [0.2, 0.25) is 0 Å². The van der Waals surface area contributed by atoms with Gasteiger partial charge in [0.05, 0.1) is 7.11 Å². The number of nitrogens with one attached hydrogen (secondary N) is 2. The highest BCUT2D eigenvalue weighted by atomic mass is 16.5. The highest BCUT2D eigenvalue weighted by Crippen LogP contribution is 2.09. The largest absolute Gasteiger partial charge is 0.467 e. The number of hydrogen-bond donors (Lipinski definition) is 2. The lowest BCUT2D eigenvalue weighted by Gasteiger charge is -2.22. The number of aryl methyl sites for hydroxylation is 1. The molecule has 28 heavy (non-hydrogen) atoms. The Balaban J connectivity index is 2.15. The van der Waals surface area contributed by atoms with Crippen LogP contribution >= 0.6 is 0 Å². The maximum Gasteiger partial charge on any atom is 0.328 e. The fraction of sp³-hybridized carbons (Fsp3) is 0.318. The summed E-state index contributed by atoms with van der Waals surface area (Å²) in [6.07, 6.45) is 0.628. The minimum Gasteiger partial charge on any atom is -0.467 e. The van der Waals surface area contributed by atoms with Crippen LogP contribution in [0.15, 0.2) is 54.6 Å². The summed E-state index contributed by atoms with van der Waals surface area (Å²) in [5.41, 5.74) is 2.88. The molecule has 2 atom stereocenters. The van der Waals surface area contributed by atoms with Crippen LogP contribution in [0.1, 0.15) is 23.6 Å². The zero-order valence-electron chi connectivity index (χ0n) is 16.4. The smallest absolute Gasteiger partial charge is 0.328 e. The molecule has 0 bridgehead atoms. The summed E-state index contributed by atoms with van der Waals surface area (Å²) in [5.74, 6) is -1.28. The van der Waals surface area contributed by atoms with Gasteiger partial charge in [-0.05, 0) is 18.1 Å². The predicted molar refractivity (Wildman–Crippen MR) is 107 cm³/mol. The first-order chi connectivity index (χ1) is 13.4. The molecule has 0 aliphatic carbocycles. The molecule has 0 heterocycles. The number of rotatable bonds is 8. The van der Waals surface area contributed by atoms with Crippen molar-refractivity contribution in [2.45, 2.75) is 38.8 Å². The van der Waals surface area contributed by atoms with Crippen molar-refractivity contribution in [1.29, 1.82) is 0 Å². The first-order valence-corrected chi connectivity index (χ1v) is 9.14. The van der Waals surface area contributed by atoms with Gasteiger partial charge in [-0.1, -0.05) is 60.2 Å². The third-order valence-electron chi connectivity index (χ3n) is 4.30. The molecule has 148 valence electrons. The van der Waals surface area contributed by atoms with Crippen molar-refractivity contribution in [3.63, 3.8) is 0 Å². The zero-order chi connectivity index (χ0) is 20.5. The Morgan fingerprint density at radius 3 is 2.14 bits per heavy atom. The van der Waals surface area contributed by atoms with E-state index in [-0.39, 0.29) is 5.91 Å². The van der Waals surface area contributed by atoms with Crippen molar-refractivity contribution in [3.8, 4) is 0 Å². The average Bonchev–Trinajstić information content (AvgIpc) is 2.66. The second kappa shape index (κ2) is 10.3. The van der Waals surface area contributed by atoms with Crippen molar-refractivity contribution < 1.29 is 19.1 Å². The Labute approximate surface area is 165 Å². The summed E-state index contributed by atoms with van der Waals surface area (Å²) < 4.78 is 4.85. The van der Waals surface area contributed by atoms with E-state index in [1.165, 1.54) is 14.0 Å². The zero-order valence-corrected chi connectivity index (χ0v) is 16.4. The molecule has 0 saturated heterocycles. The van der Waals surface area contributed by atoms with Gasteiger partial charge in [0.2, 0.25) is 11.8 Å². The maximum absolute atomic E-state index is 12.8. The molecule has 2 amide bonds. The highest BCUT2D eigenvalue weighted by molar-refractivity contribution is 5.90. The summed E-state index contributed by atoms with van der Waals surface area (Å²) in [6, 6.07) is 15.5. The summed E-state index contributed by atoms with van der Waals surface area (Å²) in [5, 5.41) is 5.39. The van der Waals surface area contributed by atoms with Crippen LogP contribution < -0.4 is 10.6 Å². The van der Waals surface area contributed by atoms with Gasteiger partial charge in [0.15, 0.2) is 0 Å². The minimum absolute atomic E-state index is 0.304. The van der Waals surface area contributed by atoms with E-state index in [1.54, 1.807) is 0 Å². The van der Waals surface area contributed by atoms with Crippen molar-refractivity contribution >= 4 is 17.8 Å². The first-order valence-electron chi connectivity index (χ1n) is 9.14. The number of carbonyl (C=O) groups is 3. The first kappa shape index (κ1) is 21.2. The lowest BCUT2D eigenvalue weighted by Crippen LogP contribution is -2.53. The van der Waals surface area contributed by atoms with Crippen molar-refractivity contribution in [2.24, 2.45) is 0 Å². The molecule has 0 aliphatic rings. The summed E-state index contributed by atoms with van der Waals surface area (Å²) in [6.45, 7) is 3.32. The lowest BCUT2D eigenvalue weighted by atomic mass is 10.0. The number of amides is 2. The number of ether oxygens (including phenoxy) is 1. The standard InChI is InChI=1S/C22H26N2O4/c1-15-8-7-11-18(12-15)14-20(22(27)28-3)24-21(26)19(23-16(2)25)13-17-9-5-4-6-10-17/h4-12,19-20H,13-14H2,1-3H3,(H,23,25)(H,24,26)/t19-,20+/m0/s1. The molecule has 0 fully saturated rings. The van der Waals surface area contributed by atoms with Crippen LogP contribution in [0, 0.1) is 6.92 Å². The van der Waals surface area contributed by atoms with Crippen molar-refractivity contribution in [3.05, 3.63) is 71.3 Å². The molecule has 2 aromatic rings. The third kappa shape index (κ3) is 6.54. The SMILES string of the molecule is COC(=O)[C@@H](Cc1cccc(C)c1)NC(=O)[C@H](Cc1ccccc1)NC(C)=O. The topological polar surface area (TPSA) is 84.5 Å². The van der Waals surface area contributed by atoms with Crippen LogP contribution in [0.25, 0.3) is 0 Å². The van der Waals surface area contributed by atoms with Crippen LogP contribution in [0.3, 0.4) is 0 Å². The fourth-order valence-corrected chi connectivity index (χ4v) is 2.99. The number of carbonyl (C=O) groups excluding carboxylic acids is 3. The monoisotopic (exact) mass is 382 g/mol. The molecular formula is C22H26N2O4. The Bertz CT molecular complexity index is 820. The van der Waals surface area contributed by atoms with E-state index in [4.69, 9.17) is 4.74 Å². The average molecular weight is 382 g/mol. The molecule has 2 aromatic carbocycles. The molecule has 6 heteroatoms. The number of hydrogen-bond acceptors (Lipinski definition) is 4. The third-order valence-corrected chi connectivity index (χ3v) is 4.30. The molecule has 2 rings (SSSR count). The van der Waals surface area contributed by atoms with Gasteiger partial charge in [-0.15, -0.1) is 0 Å². The predicted octanol–water partition coefficient (Wildman–Crippen LogP) is 1.94. The fourth-order valence-electron chi connectivity index (χ4n) is 2.99. The second-order valence-corrected chi connectivity index (χ2v) is 6.72. The van der Waals surface area contributed by atoms with E-state index < -0.39 is 24.0 Å². The van der Waals surface area contributed by atoms with Gasteiger partial charge in [-0.2, -0.15) is 0 Å². The van der Waals surface area contributed by atoms with Gasteiger partial charge in [0, 0.05) is 19.8 Å². The lowest BCUT2D eigenvalue weighted by molar-refractivity contribution is -0.145. The Morgan fingerprint density at radius 2 is 1.54 bits per heavy atom. The van der Waals surface area contributed by atoms with Gasteiger partial charge in [-0.25, -0.2) is 4.79 Å². The molecule has 0 aromatic heterocycles. The quantitative estimate of drug-likeness (QED) is 0.684. The van der Waals surface area contributed by atoms with Crippen molar-refractivity contribution in [1.82, 2.24) is 10.6 Å². The van der Waals surface area contributed by atoms with E-state index >= 15 is 0 Å². The van der Waals surface area contributed by atoms with Crippen LogP contribution in [-0.2, 0) is 32.0 Å². The van der Waals surface area contributed by atoms with E-state index in [0.717, 1.165) is 16.7 Å². The van der Waals surface area contributed by atoms with Gasteiger partial charge in [-0.3, -0.25) is 9.59 Å². The molecule has 6 nitrogen and oxygen atoms in total. The molecule has 0 spiro atoms. The Morgan fingerprint density at radius 1 is 0.893 bits per heavy atom. The highest BCUT2D eigenvalue weighted by Gasteiger charge is 2.27. The molecule has 2 N–H and O–H groups in total. The summed E-state index contributed by atoms with van der Waals surface area (Å²) in [4.78, 5) is 36.6. The molecule has 0 radical (unpaired) electrons. The van der Waals surface area contributed by atoms with E-state index in [1.807, 2.05) is 61.5 Å². The van der Waals surface area contributed by atoms with E-state index in [9.17, 15) is 14.4 Å². The number of methoxy groups -OCH3 is 1. The Kier molecular flexibility index (Phi) is 7.75. The molecular weight excluding hydrogens is 356 g/mol. The minimum atomic E-state index is -0.841. The van der Waals surface area contributed by atoms with Gasteiger partial charge in [0.25, 0.3) is 0 Å². The van der Waals surface area contributed by atoms with E-state index in [0.29, 0.717) is 12.8 Å². The van der Waals surface area contributed by atoms with Crippen LogP contribution in [-0.4, -0.2) is 37.0 Å². The van der Waals surface area contributed by atoms with Crippen LogP contribution in [0.5, 0.6) is 0 Å². The molecule has 0 aliphatic heterocycles. The number of esters is 1. The van der Waals surface area contributed by atoms with E-state index in [2.05, 4.69) is 10.6 Å². The van der Waals surface area contributed by atoms with Gasteiger partial charge >= 0.3 is 5.97 Å². The number of benzene rings is 2. The Hall–Kier alpha value is -3.15. The molecule has 0 saturated carbocycles. The molecule has 0 unspecified atom stereocenters. The normalized spacial score (nSPS) is 12.5. The van der Waals surface area contributed by atoms with Gasteiger partial charge < -0.3 is 15.4 Å².